The van der Waals surface area contributed by atoms with E-state index in [2.05, 4.69) is 0 Å². The molecular weight excluding hydrogens is 228 g/mol. The Labute approximate surface area is 91.5 Å². The molecule has 14 heavy (non-hydrogen) atoms. The summed E-state index contributed by atoms with van der Waals surface area (Å²) in [7, 11) is 0. The average molecular weight is 239 g/mol. The van der Waals surface area contributed by atoms with E-state index in [1.807, 2.05) is 0 Å². The molecular formula is C7H11ClN2O3S. The Kier molecular flexibility index (Phi) is 5.26. The van der Waals surface area contributed by atoms with Crippen LogP contribution in [0.4, 0.5) is 5.13 Å². The highest BCUT2D eigenvalue weighted by atomic mass is 35.5. The van der Waals surface area contributed by atoms with Crippen molar-refractivity contribution in [2.24, 2.45) is 0 Å². The Morgan fingerprint density at radius 3 is 2.86 bits per heavy atom. The minimum absolute atomic E-state index is 0. The normalized spacial score (nSPS) is 9.21. The number of hydrogen-bond acceptors (Lipinski definition) is 5. The van der Waals surface area contributed by atoms with Gasteiger partial charge in [-0.3, -0.25) is 10.5 Å². The second-order valence-electron chi connectivity index (χ2n) is 2.36. The van der Waals surface area contributed by atoms with Gasteiger partial charge in [-0.2, -0.15) is 0 Å². The third kappa shape index (κ3) is 3.04. The molecule has 0 fully saturated rings. The minimum atomic E-state index is -0.372. The molecule has 0 aromatic carbocycles. The highest BCUT2D eigenvalue weighted by molar-refractivity contribution is 7.13. The van der Waals surface area contributed by atoms with Crippen LogP contribution in [0.2, 0.25) is 0 Å². The summed E-state index contributed by atoms with van der Waals surface area (Å²) in [6.45, 7) is 2.07. The molecule has 0 bridgehead atoms. The van der Waals surface area contributed by atoms with Gasteiger partial charge in [-0.1, -0.05) is 11.3 Å². The van der Waals surface area contributed by atoms with Gasteiger partial charge in [0, 0.05) is 5.38 Å². The van der Waals surface area contributed by atoms with Crippen LogP contribution in [0.25, 0.3) is 0 Å². The zero-order chi connectivity index (χ0) is 9.84. The fraction of sp³-hybridized carbons (Fsp3) is 0.429. The molecule has 0 spiro atoms. The molecule has 0 radical (unpaired) electrons. The minimum Gasteiger partial charge on any atom is -1.00 e. The first-order valence-corrected chi connectivity index (χ1v) is 4.66. The molecule has 0 aliphatic carbocycles. The fourth-order valence-corrected chi connectivity index (χ4v) is 1.50. The van der Waals surface area contributed by atoms with Gasteiger partial charge in [0.25, 0.3) is 0 Å². The molecule has 0 saturated heterocycles. The van der Waals surface area contributed by atoms with Crippen LogP contribution in [0.15, 0.2) is 5.38 Å². The Morgan fingerprint density at radius 1 is 1.79 bits per heavy atom. The summed E-state index contributed by atoms with van der Waals surface area (Å²) >= 11 is 1.17. The number of halogens is 1. The van der Waals surface area contributed by atoms with Crippen LogP contribution in [0.1, 0.15) is 12.6 Å². The Hall–Kier alpha value is -1.01. The summed E-state index contributed by atoms with van der Waals surface area (Å²) in [6.07, 6.45) is 0.0397. The third-order valence-electron chi connectivity index (χ3n) is 1.43. The third-order valence-corrected chi connectivity index (χ3v) is 2.23. The fourth-order valence-electron chi connectivity index (χ4n) is 0.846. The van der Waals surface area contributed by atoms with E-state index in [0.717, 1.165) is 4.73 Å². The van der Waals surface area contributed by atoms with Crippen LogP contribution in [0.3, 0.4) is 0 Å². The zero-order valence-corrected chi connectivity index (χ0v) is 9.14. The number of nitrogens with zero attached hydrogens (tertiary/aromatic N) is 1. The van der Waals surface area contributed by atoms with E-state index in [1.165, 1.54) is 11.3 Å². The molecule has 0 atom stereocenters. The number of nitrogen functional groups attached to an aromatic ring is 1. The lowest BCUT2D eigenvalue weighted by Crippen LogP contribution is -3.00. The largest absolute Gasteiger partial charge is 1.00 e. The number of anilines is 1. The van der Waals surface area contributed by atoms with Crippen LogP contribution in [-0.4, -0.2) is 17.8 Å². The van der Waals surface area contributed by atoms with Gasteiger partial charge >= 0.3 is 11.1 Å². The molecule has 0 amide bonds. The van der Waals surface area contributed by atoms with Crippen molar-refractivity contribution in [1.82, 2.24) is 0 Å². The van der Waals surface area contributed by atoms with E-state index in [4.69, 9.17) is 10.5 Å². The summed E-state index contributed by atoms with van der Waals surface area (Å²) < 4.78 is 5.50. The Balaban J connectivity index is 0.00000169. The first-order valence-electron chi connectivity index (χ1n) is 3.78. The van der Waals surface area contributed by atoms with Gasteiger partial charge in [-0.05, 0) is 11.7 Å². The van der Waals surface area contributed by atoms with E-state index >= 15 is 0 Å². The van der Waals surface area contributed by atoms with Gasteiger partial charge in [-0.15, -0.1) is 0 Å². The molecule has 80 valence electrons. The van der Waals surface area contributed by atoms with Crippen LogP contribution < -0.4 is 22.9 Å². The molecule has 0 aliphatic heterocycles. The Morgan fingerprint density at radius 2 is 2.43 bits per heavy atom. The zero-order valence-electron chi connectivity index (χ0n) is 7.57. The van der Waals surface area contributed by atoms with Crippen LogP contribution in [-0.2, 0) is 16.0 Å². The number of nitrogens with two attached hydrogens (primary N) is 1. The number of esters is 1. The van der Waals surface area contributed by atoms with E-state index < -0.39 is 0 Å². The number of aromatic nitrogens is 1. The first kappa shape index (κ1) is 13.0. The lowest BCUT2D eigenvalue weighted by atomic mass is 10.3. The van der Waals surface area contributed by atoms with Crippen molar-refractivity contribution in [3.8, 4) is 0 Å². The van der Waals surface area contributed by atoms with Crippen LogP contribution in [0, 0.1) is 0 Å². The van der Waals surface area contributed by atoms with Crippen molar-refractivity contribution in [2.75, 3.05) is 12.3 Å². The predicted octanol–water partition coefficient (Wildman–Crippen LogP) is -3.04. The van der Waals surface area contributed by atoms with Crippen molar-refractivity contribution in [3.63, 3.8) is 0 Å². The summed E-state index contributed by atoms with van der Waals surface area (Å²) in [5.41, 5.74) is 5.82. The van der Waals surface area contributed by atoms with E-state index in [-0.39, 0.29) is 29.9 Å². The highest BCUT2D eigenvalue weighted by Gasteiger charge is 2.17. The second kappa shape index (κ2) is 5.66. The van der Waals surface area contributed by atoms with Crippen molar-refractivity contribution < 1.29 is 31.9 Å². The van der Waals surface area contributed by atoms with E-state index in [9.17, 15) is 10.0 Å². The van der Waals surface area contributed by atoms with Gasteiger partial charge in [0.2, 0.25) is 0 Å². The molecule has 5 nitrogen and oxygen atoms in total. The number of rotatable bonds is 3. The predicted molar refractivity (Wildman–Crippen MR) is 46.4 cm³/mol. The maximum absolute atomic E-state index is 11.0. The average Bonchev–Trinajstić information content (AvgIpc) is 2.37. The molecule has 1 aromatic rings. The van der Waals surface area contributed by atoms with E-state index in [1.54, 1.807) is 12.3 Å². The summed E-state index contributed by atoms with van der Waals surface area (Å²) in [4.78, 5) is 11.0. The van der Waals surface area contributed by atoms with Crippen LogP contribution >= 0.6 is 11.3 Å². The van der Waals surface area contributed by atoms with E-state index in [0.29, 0.717) is 12.3 Å². The number of hydrogen-bond donors (Lipinski definition) is 2. The SMILES string of the molecule is CCOC(=O)Cc1csc(N)[n+]1O.[Cl-]. The smallest absolute Gasteiger partial charge is 0.371 e. The van der Waals surface area contributed by atoms with Crippen LogP contribution in [0.5, 0.6) is 0 Å². The Bertz CT molecular complexity index is 316. The molecule has 0 aliphatic rings. The van der Waals surface area contributed by atoms with Crippen molar-refractivity contribution in [2.45, 2.75) is 13.3 Å². The van der Waals surface area contributed by atoms with Crippen molar-refractivity contribution in [3.05, 3.63) is 11.1 Å². The topological polar surface area (TPSA) is 76.4 Å². The first-order chi connectivity index (χ1) is 6.15. The molecule has 7 heteroatoms. The molecule has 0 unspecified atom stereocenters. The molecule has 1 aromatic heterocycles. The molecule has 3 N–H and O–H groups in total. The maximum atomic E-state index is 11.0. The van der Waals surface area contributed by atoms with Gasteiger partial charge in [0.15, 0.2) is 5.69 Å². The van der Waals surface area contributed by atoms with Gasteiger partial charge in [0.05, 0.1) is 6.61 Å². The van der Waals surface area contributed by atoms with Gasteiger partial charge < -0.3 is 22.4 Å². The number of ether oxygens (including phenoxy) is 1. The molecule has 0 saturated carbocycles. The van der Waals surface area contributed by atoms with Gasteiger partial charge in [-0.25, -0.2) is 0 Å². The lowest BCUT2D eigenvalue weighted by Gasteiger charge is -1.97. The number of carbonyl (C=O) groups is 1. The summed E-state index contributed by atoms with van der Waals surface area (Å²) in [5.74, 6) is -0.372. The molecule has 1 rings (SSSR count). The quantitative estimate of drug-likeness (QED) is 0.334. The monoisotopic (exact) mass is 238 g/mol. The summed E-state index contributed by atoms with van der Waals surface area (Å²) in [6, 6.07) is 0. The van der Waals surface area contributed by atoms with Gasteiger partial charge in [0.1, 0.15) is 6.42 Å². The maximum Gasteiger partial charge on any atom is 0.371 e. The number of thiazole rings is 1. The van der Waals surface area contributed by atoms with Crippen molar-refractivity contribution >= 4 is 22.4 Å². The lowest BCUT2D eigenvalue weighted by molar-refractivity contribution is -0.895. The van der Waals surface area contributed by atoms with Crippen molar-refractivity contribution in [1.29, 1.82) is 0 Å². The summed E-state index contributed by atoms with van der Waals surface area (Å²) in [5, 5.41) is 11.1. The number of carbonyl (C=O) groups excluding carboxylic acids is 1. The standard InChI is InChI=1S/C7H10N2O3S.ClH/c1-2-12-6(10)3-5-4-13-7(8)9(5)11;/h4,8,11H,2-3H2,1H3;1H. The second-order valence-corrected chi connectivity index (χ2v) is 3.25. The highest BCUT2D eigenvalue weighted by Crippen LogP contribution is 2.08. The molecule has 1 heterocycles.